The Morgan fingerprint density at radius 1 is 1.25 bits per heavy atom. The predicted octanol–water partition coefficient (Wildman–Crippen LogP) is 1.67. The largest absolute Gasteiger partial charge is 0.389 e. The second-order valence-electron chi connectivity index (χ2n) is 5.63. The van der Waals surface area contributed by atoms with Gasteiger partial charge in [0.05, 0.1) is 31.5 Å². The SMILES string of the molecule is CC1CN(CC(O)COCc2ccccc2)CC(C)O1. The number of morpholine rings is 1. The summed E-state index contributed by atoms with van der Waals surface area (Å²) in [5.41, 5.74) is 1.13. The molecule has 112 valence electrons. The molecule has 2 rings (SSSR count). The van der Waals surface area contributed by atoms with Gasteiger partial charge in [-0.2, -0.15) is 0 Å². The normalized spacial score (nSPS) is 25.6. The van der Waals surface area contributed by atoms with E-state index in [2.05, 4.69) is 18.7 Å². The number of hydrogen-bond acceptors (Lipinski definition) is 4. The van der Waals surface area contributed by atoms with Crippen molar-refractivity contribution >= 4 is 0 Å². The van der Waals surface area contributed by atoms with E-state index in [-0.39, 0.29) is 12.2 Å². The van der Waals surface area contributed by atoms with E-state index >= 15 is 0 Å². The Hall–Kier alpha value is -0.940. The van der Waals surface area contributed by atoms with Gasteiger partial charge >= 0.3 is 0 Å². The Balaban J connectivity index is 1.66. The van der Waals surface area contributed by atoms with Crippen molar-refractivity contribution in [1.29, 1.82) is 0 Å². The van der Waals surface area contributed by atoms with Gasteiger partial charge in [-0.1, -0.05) is 30.3 Å². The van der Waals surface area contributed by atoms with E-state index in [4.69, 9.17) is 9.47 Å². The van der Waals surface area contributed by atoms with Crippen molar-refractivity contribution in [2.75, 3.05) is 26.2 Å². The molecule has 3 atom stereocenters. The molecule has 4 nitrogen and oxygen atoms in total. The van der Waals surface area contributed by atoms with Crippen molar-refractivity contribution in [2.24, 2.45) is 0 Å². The van der Waals surface area contributed by atoms with Crippen LogP contribution in [0.5, 0.6) is 0 Å². The highest BCUT2D eigenvalue weighted by Crippen LogP contribution is 2.11. The molecule has 1 fully saturated rings. The van der Waals surface area contributed by atoms with Crippen LogP contribution < -0.4 is 0 Å². The number of hydrogen-bond donors (Lipinski definition) is 1. The van der Waals surface area contributed by atoms with Crippen LogP contribution in [0.1, 0.15) is 19.4 Å². The van der Waals surface area contributed by atoms with Gasteiger partial charge < -0.3 is 14.6 Å². The van der Waals surface area contributed by atoms with Crippen LogP contribution >= 0.6 is 0 Å². The molecular formula is C16H25NO3. The van der Waals surface area contributed by atoms with Gasteiger partial charge in [0.15, 0.2) is 0 Å². The van der Waals surface area contributed by atoms with Gasteiger partial charge in [-0.05, 0) is 19.4 Å². The Kier molecular flexibility index (Phi) is 5.98. The first-order chi connectivity index (χ1) is 9.63. The summed E-state index contributed by atoms with van der Waals surface area (Å²) in [5.74, 6) is 0. The van der Waals surface area contributed by atoms with Crippen LogP contribution in [0.25, 0.3) is 0 Å². The second-order valence-corrected chi connectivity index (χ2v) is 5.63. The van der Waals surface area contributed by atoms with Gasteiger partial charge in [-0.25, -0.2) is 0 Å². The minimum Gasteiger partial charge on any atom is -0.389 e. The summed E-state index contributed by atoms with van der Waals surface area (Å²) < 4.78 is 11.3. The Morgan fingerprint density at radius 2 is 1.90 bits per heavy atom. The molecule has 1 aromatic carbocycles. The van der Waals surface area contributed by atoms with E-state index in [0.717, 1.165) is 18.7 Å². The van der Waals surface area contributed by atoms with Crippen LogP contribution in [-0.4, -0.2) is 54.6 Å². The number of β-amino-alcohol motifs (C(OH)–C–C–N with tert-alkyl or cyclic N) is 1. The second kappa shape index (κ2) is 7.74. The van der Waals surface area contributed by atoms with Crippen molar-refractivity contribution < 1.29 is 14.6 Å². The maximum Gasteiger partial charge on any atom is 0.0900 e. The molecule has 0 saturated carbocycles. The maximum absolute atomic E-state index is 10.0. The lowest BCUT2D eigenvalue weighted by Crippen LogP contribution is -2.48. The molecule has 0 aliphatic carbocycles. The van der Waals surface area contributed by atoms with E-state index in [0.29, 0.717) is 19.8 Å². The summed E-state index contributed by atoms with van der Waals surface area (Å²) in [5, 5.41) is 10.0. The molecule has 1 aliphatic rings. The average Bonchev–Trinajstić information content (AvgIpc) is 2.38. The van der Waals surface area contributed by atoms with E-state index < -0.39 is 6.10 Å². The standard InChI is InChI=1S/C16H25NO3/c1-13-8-17(9-14(2)20-13)10-16(18)12-19-11-15-6-4-3-5-7-15/h3-7,13-14,16,18H,8-12H2,1-2H3. The fraction of sp³-hybridized carbons (Fsp3) is 0.625. The Labute approximate surface area is 121 Å². The zero-order valence-electron chi connectivity index (χ0n) is 12.4. The van der Waals surface area contributed by atoms with Gasteiger partial charge in [0, 0.05) is 19.6 Å². The molecule has 1 saturated heterocycles. The van der Waals surface area contributed by atoms with E-state index in [1.807, 2.05) is 30.3 Å². The first kappa shape index (κ1) is 15.4. The topological polar surface area (TPSA) is 41.9 Å². The Morgan fingerprint density at radius 3 is 2.55 bits per heavy atom. The lowest BCUT2D eigenvalue weighted by Gasteiger charge is -2.36. The third kappa shape index (κ3) is 5.21. The first-order valence-electron chi connectivity index (χ1n) is 7.31. The highest BCUT2D eigenvalue weighted by Gasteiger charge is 2.23. The fourth-order valence-corrected chi connectivity index (χ4v) is 2.67. The van der Waals surface area contributed by atoms with Crippen LogP contribution in [0, 0.1) is 0 Å². The highest BCUT2D eigenvalue weighted by atomic mass is 16.5. The summed E-state index contributed by atoms with van der Waals surface area (Å²) in [6.07, 6.45) is 0.0172. The number of rotatable bonds is 6. The minimum absolute atomic E-state index is 0.233. The molecule has 20 heavy (non-hydrogen) atoms. The lowest BCUT2D eigenvalue weighted by atomic mass is 10.2. The molecule has 0 amide bonds. The van der Waals surface area contributed by atoms with Crippen LogP contribution in [0.2, 0.25) is 0 Å². The third-order valence-corrected chi connectivity index (χ3v) is 3.39. The van der Waals surface area contributed by atoms with Gasteiger partial charge in [-0.3, -0.25) is 4.90 Å². The number of aliphatic hydroxyl groups is 1. The molecule has 1 aromatic rings. The first-order valence-corrected chi connectivity index (χ1v) is 7.31. The summed E-state index contributed by atoms with van der Waals surface area (Å²) >= 11 is 0. The van der Waals surface area contributed by atoms with E-state index in [1.165, 1.54) is 0 Å². The van der Waals surface area contributed by atoms with Crippen LogP contribution in [-0.2, 0) is 16.1 Å². The molecule has 3 unspecified atom stereocenters. The Bertz CT molecular complexity index is 375. The number of benzene rings is 1. The van der Waals surface area contributed by atoms with Gasteiger partial charge in [0.1, 0.15) is 0 Å². The summed E-state index contributed by atoms with van der Waals surface area (Å²) in [4.78, 5) is 2.25. The fourth-order valence-electron chi connectivity index (χ4n) is 2.67. The summed E-state index contributed by atoms with van der Waals surface area (Å²) in [6.45, 7) is 7.46. The van der Waals surface area contributed by atoms with Crippen LogP contribution in [0.15, 0.2) is 30.3 Å². The summed E-state index contributed by atoms with van der Waals surface area (Å²) in [7, 11) is 0. The average molecular weight is 279 g/mol. The predicted molar refractivity (Wildman–Crippen MR) is 78.6 cm³/mol. The molecule has 0 bridgehead atoms. The van der Waals surface area contributed by atoms with E-state index in [9.17, 15) is 5.11 Å². The van der Waals surface area contributed by atoms with Crippen molar-refractivity contribution in [2.45, 2.75) is 38.8 Å². The molecule has 0 aromatic heterocycles. The molecule has 0 radical (unpaired) electrons. The molecule has 1 heterocycles. The van der Waals surface area contributed by atoms with Crippen molar-refractivity contribution in [3.8, 4) is 0 Å². The van der Waals surface area contributed by atoms with Gasteiger partial charge in [-0.15, -0.1) is 0 Å². The van der Waals surface area contributed by atoms with Crippen molar-refractivity contribution in [1.82, 2.24) is 4.90 Å². The van der Waals surface area contributed by atoms with Crippen molar-refractivity contribution in [3.63, 3.8) is 0 Å². The zero-order valence-corrected chi connectivity index (χ0v) is 12.4. The number of ether oxygens (including phenoxy) is 2. The number of nitrogens with zero attached hydrogens (tertiary/aromatic N) is 1. The van der Waals surface area contributed by atoms with Gasteiger partial charge in [0.2, 0.25) is 0 Å². The lowest BCUT2D eigenvalue weighted by molar-refractivity contribution is -0.0826. The molecule has 1 aliphatic heterocycles. The maximum atomic E-state index is 10.0. The molecule has 4 heteroatoms. The molecule has 1 N–H and O–H groups in total. The third-order valence-electron chi connectivity index (χ3n) is 3.39. The summed E-state index contributed by atoms with van der Waals surface area (Å²) in [6, 6.07) is 10.0. The van der Waals surface area contributed by atoms with E-state index in [1.54, 1.807) is 0 Å². The zero-order chi connectivity index (χ0) is 14.4. The monoisotopic (exact) mass is 279 g/mol. The van der Waals surface area contributed by atoms with Gasteiger partial charge in [0.25, 0.3) is 0 Å². The molecule has 0 spiro atoms. The quantitative estimate of drug-likeness (QED) is 0.860. The van der Waals surface area contributed by atoms with Crippen LogP contribution in [0.4, 0.5) is 0 Å². The minimum atomic E-state index is -0.448. The highest BCUT2D eigenvalue weighted by molar-refractivity contribution is 5.13. The smallest absolute Gasteiger partial charge is 0.0900 e. The van der Waals surface area contributed by atoms with Crippen molar-refractivity contribution in [3.05, 3.63) is 35.9 Å². The number of aliphatic hydroxyl groups excluding tert-OH is 1. The van der Waals surface area contributed by atoms with Crippen LogP contribution in [0.3, 0.4) is 0 Å². The molecular weight excluding hydrogens is 254 g/mol.